The van der Waals surface area contributed by atoms with Gasteiger partial charge in [-0.15, -0.1) is 0 Å². The Kier molecular flexibility index (Phi) is 4.55. The zero-order chi connectivity index (χ0) is 11.3. The predicted octanol–water partition coefficient (Wildman–Crippen LogP) is 1.54. The van der Waals surface area contributed by atoms with Crippen LogP contribution in [0.1, 0.15) is 45.4 Å². The summed E-state index contributed by atoms with van der Waals surface area (Å²) in [6.45, 7) is 1.73. The van der Waals surface area contributed by atoms with E-state index in [9.17, 15) is 8.42 Å². The Balaban J connectivity index is 2.54. The van der Waals surface area contributed by atoms with Gasteiger partial charge < -0.3 is 0 Å². The number of nitriles is 1. The van der Waals surface area contributed by atoms with Gasteiger partial charge in [0.05, 0.1) is 17.7 Å². The van der Waals surface area contributed by atoms with E-state index < -0.39 is 10.0 Å². The Labute approximate surface area is 91.7 Å². The van der Waals surface area contributed by atoms with Crippen LogP contribution in [0.4, 0.5) is 0 Å². The summed E-state index contributed by atoms with van der Waals surface area (Å²) < 4.78 is 26.3. The molecule has 1 saturated carbocycles. The van der Waals surface area contributed by atoms with E-state index in [0.29, 0.717) is 0 Å². The molecule has 0 aromatic rings. The second kappa shape index (κ2) is 5.47. The van der Waals surface area contributed by atoms with Crippen LogP contribution < -0.4 is 4.72 Å². The molecule has 0 aromatic heterocycles. The molecule has 86 valence electrons. The van der Waals surface area contributed by atoms with Gasteiger partial charge >= 0.3 is 0 Å². The molecule has 5 heteroatoms. The zero-order valence-electron chi connectivity index (χ0n) is 9.07. The second-order valence-electron chi connectivity index (χ2n) is 4.19. The largest absolute Gasteiger partial charge is 0.214 e. The maximum atomic E-state index is 11.9. The van der Waals surface area contributed by atoms with Crippen molar-refractivity contribution in [1.29, 1.82) is 5.26 Å². The van der Waals surface area contributed by atoms with Crippen molar-refractivity contribution in [3.8, 4) is 6.07 Å². The average Bonchev–Trinajstić information content (AvgIpc) is 2.18. The van der Waals surface area contributed by atoms with Gasteiger partial charge in [-0.3, -0.25) is 0 Å². The standard InChI is InChI=1S/C10H18N2O2S/c1-9(7-8-11)12-15(13,14)10-5-3-2-4-6-10/h9-10,12H,2-7H2,1H3. The topological polar surface area (TPSA) is 70.0 Å². The molecule has 0 saturated heterocycles. The lowest BCUT2D eigenvalue weighted by Crippen LogP contribution is -2.40. The molecule has 0 radical (unpaired) electrons. The zero-order valence-corrected chi connectivity index (χ0v) is 9.89. The van der Waals surface area contributed by atoms with E-state index in [4.69, 9.17) is 5.26 Å². The third-order valence-electron chi connectivity index (χ3n) is 2.75. The van der Waals surface area contributed by atoms with Crippen molar-refractivity contribution in [2.45, 2.75) is 56.7 Å². The van der Waals surface area contributed by atoms with Crippen LogP contribution in [-0.2, 0) is 10.0 Å². The van der Waals surface area contributed by atoms with Gasteiger partial charge in [-0.05, 0) is 19.8 Å². The predicted molar refractivity (Wildman–Crippen MR) is 58.6 cm³/mol. The van der Waals surface area contributed by atoms with Gasteiger partial charge in [-0.1, -0.05) is 19.3 Å². The summed E-state index contributed by atoms with van der Waals surface area (Å²) >= 11 is 0. The molecule has 15 heavy (non-hydrogen) atoms. The van der Waals surface area contributed by atoms with E-state index in [1.165, 1.54) is 0 Å². The van der Waals surface area contributed by atoms with Crippen LogP contribution in [0.25, 0.3) is 0 Å². The first kappa shape index (κ1) is 12.5. The molecule has 1 N–H and O–H groups in total. The molecule has 4 nitrogen and oxygen atoms in total. The Bertz CT molecular complexity index is 326. The van der Waals surface area contributed by atoms with E-state index in [-0.39, 0.29) is 17.7 Å². The molecule has 1 rings (SSSR count). The van der Waals surface area contributed by atoms with Crippen LogP contribution in [-0.4, -0.2) is 19.7 Å². The normalized spacial score (nSPS) is 20.8. The van der Waals surface area contributed by atoms with Crippen LogP contribution in [0, 0.1) is 11.3 Å². The molecule has 0 bridgehead atoms. The highest BCUT2D eigenvalue weighted by Gasteiger charge is 2.27. The Hall–Kier alpha value is -0.600. The molecular formula is C10H18N2O2S. The quantitative estimate of drug-likeness (QED) is 0.796. The SMILES string of the molecule is CC(CC#N)NS(=O)(=O)C1CCCCC1. The van der Waals surface area contributed by atoms with Crippen LogP contribution in [0.2, 0.25) is 0 Å². The van der Waals surface area contributed by atoms with Gasteiger partial charge in [0.1, 0.15) is 0 Å². The fourth-order valence-corrected chi connectivity index (χ4v) is 3.72. The minimum absolute atomic E-state index is 0.228. The number of sulfonamides is 1. The van der Waals surface area contributed by atoms with Gasteiger partial charge in [0.2, 0.25) is 10.0 Å². The van der Waals surface area contributed by atoms with Crippen molar-refractivity contribution in [3.63, 3.8) is 0 Å². The first-order chi connectivity index (χ1) is 7.06. The smallest absolute Gasteiger partial charge is 0.212 e. The van der Waals surface area contributed by atoms with Crippen molar-refractivity contribution >= 4 is 10.0 Å². The summed E-state index contributed by atoms with van der Waals surface area (Å²) in [6.07, 6.45) is 4.88. The first-order valence-corrected chi connectivity index (χ1v) is 6.99. The van der Waals surface area contributed by atoms with Crippen LogP contribution in [0.3, 0.4) is 0 Å². The van der Waals surface area contributed by atoms with Crippen molar-refractivity contribution in [3.05, 3.63) is 0 Å². The molecule has 0 spiro atoms. The summed E-state index contributed by atoms with van der Waals surface area (Å²) in [7, 11) is -3.21. The van der Waals surface area contributed by atoms with Gasteiger partial charge in [0.25, 0.3) is 0 Å². The highest BCUT2D eigenvalue weighted by molar-refractivity contribution is 7.90. The van der Waals surface area contributed by atoms with Crippen molar-refractivity contribution in [2.24, 2.45) is 0 Å². The maximum Gasteiger partial charge on any atom is 0.214 e. The van der Waals surface area contributed by atoms with Crippen LogP contribution >= 0.6 is 0 Å². The number of hydrogen-bond donors (Lipinski definition) is 1. The third-order valence-corrected chi connectivity index (χ3v) is 4.83. The van der Waals surface area contributed by atoms with Crippen molar-refractivity contribution in [2.75, 3.05) is 0 Å². The molecule has 0 heterocycles. The van der Waals surface area contributed by atoms with Crippen molar-refractivity contribution < 1.29 is 8.42 Å². The van der Waals surface area contributed by atoms with E-state index in [2.05, 4.69) is 4.72 Å². The van der Waals surface area contributed by atoms with E-state index in [1.807, 2.05) is 6.07 Å². The first-order valence-electron chi connectivity index (χ1n) is 5.44. The summed E-state index contributed by atoms with van der Waals surface area (Å²) in [4.78, 5) is 0. The lowest BCUT2D eigenvalue weighted by atomic mass is 10.0. The molecule has 1 aliphatic carbocycles. The van der Waals surface area contributed by atoms with Gasteiger partial charge in [-0.2, -0.15) is 5.26 Å². The average molecular weight is 230 g/mol. The maximum absolute atomic E-state index is 11.9. The van der Waals surface area contributed by atoms with Gasteiger partial charge in [0.15, 0.2) is 0 Å². The monoisotopic (exact) mass is 230 g/mol. The molecule has 1 aliphatic rings. The Morgan fingerprint density at radius 1 is 1.40 bits per heavy atom. The molecular weight excluding hydrogens is 212 g/mol. The van der Waals surface area contributed by atoms with E-state index in [0.717, 1.165) is 32.1 Å². The number of hydrogen-bond acceptors (Lipinski definition) is 3. The van der Waals surface area contributed by atoms with E-state index >= 15 is 0 Å². The Morgan fingerprint density at radius 3 is 2.53 bits per heavy atom. The summed E-state index contributed by atoms with van der Waals surface area (Å²) in [6, 6.07) is 1.69. The number of rotatable bonds is 4. The number of nitrogens with zero attached hydrogens (tertiary/aromatic N) is 1. The fourth-order valence-electron chi connectivity index (χ4n) is 1.93. The van der Waals surface area contributed by atoms with E-state index in [1.54, 1.807) is 6.92 Å². The third kappa shape index (κ3) is 3.80. The van der Waals surface area contributed by atoms with Gasteiger partial charge in [0, 0.05) is 6.04 Å². The minimum Gasteiger partial charge on any atom is -0.212 e. The Morgan fingerprint density at radius 2 is 2.00 bits per heavy atom. The summed E-state index contributed by atoms with van der Waals surface area (Å²) in [5, 5.41) is 8.22. The second-order valence-corrected chi connectivity index (χ2v) is 6.18. The minimum atomic E-state index is -3.21. The molecule has 0 amide bonds. The summed E-state index contributed by atoms with van der Waals surface area (Å²) in [5.41, 5.74) is 0. The number of nitrogens with one attached hydrogen (secondary N) is 1. The summed E-state index contributed by atoms with van der Waals surface area (Å²) in [5.74, 6) is 0. The van der Waals surface area contributed by atoms with Crippen LogP contribution in [0.5, 0.6) is 0 Å². The molecule has 0 aromatic carbocycles. The lowest BCUT2D eigenvalue weighted by Gasteiger charge is -2.23. The highest BCUT2D eigenvalue weighted by Crippen LogP contribution is 2.23. The molecule has 0 aliphatic heterocycles. The lowest BCUT2D eigenvalue weighted by molar-refractivity contribution is 0.472. The molecule has 1 fully saturated rings. The highest BCUT2D eigenvalue weighted by atomic mass is 32.2. The fraction of sp³-hybridized carbons (Fsp3) is 0.900. The molecule has 1 atom stereocenters. The molecule has 1 unspecified atom stereocenters. The van der Waals surface area contributed by atoms with Crippen molar-refractivity contribution in [1.82, 2.24) is 4.72 Å². The van der Waals surface area contributed by atoms with Gasteiger partial charge in [-0.25, -0.2) is 13.1 Å². The van der Waals surface area contributed by atoms with Crippen LogP contribution in [0.15, 0.2) is 0 Å².